The zero-order valence-electron chi connectivity index (χ0n) is 9.74. The number of amides is 1. The lowest BCUT2D eigenvalue weighted by Gasteiger charge is -2.14. The first-order valence-electron chi connectivity index (χ1n) is 5.53. The lowest BCUT2D eigenvalue weighted by Crippen LogP contribution is -2.32. The first-order valence-corrected chi connectivity index (χ1v) is 6.07. The van der Waals surface area contributed by atoms with E-state index in [1.165, 1.54) is 5.56 Å². The summed E-state index contributed by atoms with van der Waals surface area (Å²) in [5, 5.41) is 2.91. The summed E-state index contributed by atoms with van der Waals surface area (Å²) in [5.74, 6) is 0.598. The minimum atomic E-state index is -0.121. The van der Waals surface area contributed by atoms with E-state index in [0.717, 1.165) is 0 Å². The Morgan fingerprint density at radius 2 is 1.94 bits per heavy atom. The van der Waals surface area contributed by atoms with Crippen LogP contribution in [0.3, 0.4) is 0 Å². The molecule has 0 aliphatic carbocycles. The van der Waals surface area contributed by atoms with Crippen molar-refractivity contribution in [3.8, 4) is 0 Å². The lowest BCUT2D eigenvalue weighted by molar-refractivity contribution is -0.123. The van der Waals surface area contributed by atoms with Gasteiger partial charge in [-0.1, -0.05) is 44.2 Å². The van der Waals surface area contributed by atoms with Crippen molar-refractivity contribution in [1.29, 1.82) is 0 Å². The van der Waals surface area contributed by atoms with Gasteiger partial charge in [0.1, 0.15) is 0 Å². The van der Waals surface area contributed by atoms with Crippen LogP contribution in [0.5, 0.6) is 0 Å². The summed E-state index contributed by atoms with van der Waals surface area (Å²) in [5.41, 5.74) is 1.24. The van der Waals surface area contributed by atoms with Crippen LogP contribution in [0.15, 0.2) is 30.3 Å². The zero-order valence-corrected chi connectivity index (χ0v) is 10.5. The molecule has 0 saturated heterocycles. The van der Waals surface area contributed by atoms with Crippen molar-refractivity contribution in [3.63, 3.8) is 0 Å². The Labute approximate surface area is 102 Å². The summed E-state index contributed by atoms with van der Waals surface area (Å²) < 4.78 is 0. The third-order valence-corrected chi connectivity index (χ3v) is 3.09. The summed E-state index contributed by atoms with van der Waals surface area (Å²) in [4.78, 5) is 11.5. The molecular formula is C13H18ClNO. The zero-order chi connectivity index (χ0) is 12.0. The van der Waals surface area contributed by atoms with Crippen molar-refractivity contribution < 1.29 is 4.79 Å². The minimum Gasteiger partial charge on any atom is -0.355 e. The molecule has 0 bridgehead atoms. The van der Waals surface area contributed by atoms with Gasteiger partial charge in [0.05, 0.1) is 0 Å². The molecule has 2 unspecified atom stereocenters. The van der Waals surface area contributed by atoms with E-state index in [1.807, 2.05) is 25.1 Å². The van der Waals surface area contributed by atoms with Crippen LogP contribution in [0.1, 0.15) is 25.3 Å². The van der Waals surface area contributed by atoms with Gasteiger partial charge in [-0.05, 0) is 11.5 Å². The molecule has 0 aromatic heterocycles. The Balaban J connectivity index is 2.42. The van der Waals surface area contributed by atoms with Gasteiger partial charge in [0.2, 0.25) is 5.91 Å². The summed E-state index contributed by atoms with van der Waals surface area (Å²) in [6.07, 6.45) is 0. The Bertz CT molecular complexity index is 326. The highest BCUT2D eigenvalue weighted by Gasteiger charge is 2.12. The van der Waals surface area contributed by atoms with Gasteiger partial charge in [0.15, 0.2) is 0 Å². The predicted molar refractivity (Wildman–Crippen MR) is 67.8 cm³/mol. The van der Waals surface area contributed by atoms with E-state index < -0.39 is 0 Å². The van der Waals surface area contributed by atoms with Crippen LogP contribution in [0, 0.1) is 5.92 Å². The van der Waals surface area contributed by atoms with Gasteiger partial charge in [0.25, 0.3) is 0 Å². The van der Waals surface area contributed by atoms with Gasteiger partial charge in [-0.2, -0.15) is 0 Å². The van der Waals surface area contributed by atoms with Crippen LogP contribution < -0.4 is 5.32 Å². The largest absolute Gasteiger partial charge is 0.355 e. The molecule has 16 heavy (non-hydrogen) atoms. The molecule has 0 saturated carbocycles. The van der Waals surface area contributed by atoms with Crippen molar-refractivity contribution in [2.45, 2.75) is 19.8 Å². The molecule has 2 atom stereocenters. The minimum absolute atomic E-state index is 0.0257. The number of carbonyl (C=O) groups is 1. The number of alkyl halides is 1. The van der Waals surface area contributed by atoms with Crippen LogP contribution >= 0.6 is 11.6 Å². The third kappa shape index (κ3) is 3.86. The monoisotopic (exact) mass is 239 g/mol. The van der Waals surface area contributed by atoms with E-state index >= 15 is 0 Å². The molecule has 1 rings (SSSR count). The van der Waals surface area contributed by atoms with Gasteiger partial charge < -0.3 is 5.32 Å². The normalized spacial score (nSPS) is 14.2. The van der Waals surface area contributed by atoms with E-state index in [9.17, 15) is 4.79 Å². The summed E-state index contributed by atoms with van der Waals surface area (Å²) in [7, 11) is 0. The Morgan fingerprint density at radius 1 is 1.31 bits per heavy atom. The van der Waals surface area contributed by atoms with Crippen LogP contribution in [0.4, 0.5) is 0 Å². The molecule has 1 aromatic carbocycles. The number of hydrogen-bond donors (Lipinski definition) is 1. The highest BCUT2D eigenvalue weighted by molar-refractivity contribution is 6.19. The Morgan fingerprint density at radius 3 is 2.50 bits per heavy atom. The summed E-state index contributed by atoms with van der Waals surface area (Å²) >= 11 is 5.62. The lowest BCUT2D eigenvalue weighted by atomic mass is 10.0. The topological polar surface area (TPSA) is 29.1 Å². The fourth-order valence-corrected chi connectivity index (χ4v) is 1.54. The molecule has 1 amide bonds. The highest BCUT2D eigenvalue weighted by Crippen LogP contribution is 2.13. The molecule has 1 N–H and O–H groups in total. The second kappa shape index (κ2) is 6.54. The van der Waals surface area contributed by atoms with Crippen LogP contribution in [-0.4, -0.2) is 18.3 Å². The van der Waals surface area contributed by atoms with Crippen molar-refractivity contribution in [2.24, 2.45) is 5.92 Å². The number of rotatable bonds is 5. The molecule has 0 aliphatic rings. The molecule has 0 aliphatic heterocycles. The van der Waals surface area contributed by atoms with Crippen LogP contribution in [0.2, 0.25) is 0 Å². The second-order valence-corrected chi connectivity index (χ2v) is 4.42. The van der Waals surface area contributed by atoms with E-state index in [2.05, 4.69) is 24.4 Å². The van der Waals surface area contributed by atoms with E-state index in [0.29, 0.717) is 18.3 Å². The number of hydrogen-bond acceptors (Lipinski definition) is 1. The summed E-state index contributed by atoms with van der Waals surface area (Å²) in [6.45, 7) is 4.58. The highest BCUT2D eigenvalue weighted by atomic mass is 35.5. The average Bonchev–Trinajstić information content (AvgIpc) is 2.35. The van der Waals surface area contributed by atoms with Crippen molar-refractivity contribution in [2.75, 3.05) is 12.4 Å². The van der Waals surface area contributed by atoms with E-state index in [4.69, 9.17) is 11.6 Å². The van der Waals surface area contributed by atoms with Crippen LogP contribution in [0.25, 0.3) is 0 Å². The fourth-order valence-electron chi connectivity index (χ4n) is 1.40. The number of benzene rings is 1. The van der Waals surface area contributed by atoms with Crippen molar-refractivity contribution >= 4 is 17.5 Å². The Kier molecular flexibility index (Phi) is 5.33. The second-order valence-electron chi connectivity index (χ2n) is 4.11. The number of carbonyl (C=O) groups excluding carboxylic acids is 1. The van der Waals surface area contributed by atoms with Crippen molar-refractivity contribution in [3.05, 3.63) is 35.9 Å². The molecule has 0 radical (unpaired) electrons. The van der Waals surface area contributed by atoms with Crippen LogP contribution in [-0.2, 0) is 4.79 Å². The standard InChI is InChI=1S/C13H18ClNO/c1-10(8-14)13(16)15-9-11(2)12-6-4-3-5-7-12/h3-7,10-11H,8-9H2,1-2H3,(H,15,16). The molecule has 3 heteroatoms. The average molecular weight is 240 g/mol. The molecule has 88 valence electrons. The smallest absolute Gasteiger partial charge is 0.224 e. The quantitative estimate of drug-likeness (QED) is 0.787. The van der Waals surface area contributed by atoms with Crippen molar-refractivity contribution in [1.82, 2.24) is 5.32 Å². The third-order valence-electron chi connectivity index (χ3n) is 2.63. The van der Waals surface area contributed by atoms with Gasteiger partial charge in [-0.15, -0.1) is 11.6 Å². The maximum Gasteiger partial charge on any atom is 0.224 e. The number of halogens is 1. The molecule has 0 heterocycles. The number of nitrogens with one attached hydrogen (secondary N) is 1. The summed E-state index contributed by atoms with van der Waals surface area (Å²) in [6, 6.07) is 10.2. The first-order chi connectivity index (χ1) is 7.65. The first kappa shape index (κ1) is 13.0. The maximum atomic E-state index is 11.5. The fraction of sp³-hybridized carbons (Fsp3) is 0.462. The molecule has 1 aromatic rings. The predicted octanol–water partition coefficient (Wildman–Crippen LogP) is 2.78. The van der Waals surface area contributed by atoms with E-state index in [1.54, 1.807) is 0 Å². The molecule has 2 nitrogen and oxygen atoms in total. The molecular weight excluding hydrogens is 222 g/mol. The maximum absolute atomic E-state index is 11.5. The van der Waals surface area contributed by atoms with Gasteiger partial charge in [-0.25, -0.2) is 0 Å². The SMILES string of the molecule is CC(CCl)C(=O)NCC(C)c1ccccc1. The molecule has 0 fully saturated rings. The van der Waals surface area contributed by atoms with E-state index in [-0.39, 0.29) is 11.8 Å². The van der Waals surface area contributed by atoms with Gasteiger partial charge in [-0.3, -0.25) is 4.79 Å². The van der Waals surface area contributed by atoms with Gasteiger partial charge >= 0.3 is 0 Å². The van der Waals surface area contributed by atoms with Gasteiger partial charge in [0, 0.05) is 18.3 Å². The Hall–Kier alpha value is -1.02. The molecule has 0 spiro atoms.